The Balaban J connectivity index is 2.30. The first kappa shape index (κ1) is 13.2. The van der Waals surface area contributed by atoms with E-state index < -0.39 is 0 Å². The molecule has 4 heteroatoms. The predicted octanol–water partition coefficient (Wildman–Crippen LogP) is 1.59. The molecule has 1 aromatic carbocycles. The second-order valence-electron chi connectivity index (χ2n) is 4.12. The van der Waals surface area contributed by atoms with Crippen LogP contribution in [0.4, 0.5) is 0 Å². The Kier molecular flexibility index (Phi) is 4.22. The zero-order valence-electron chi connectivity index (χ0n) is 11.1. The van der Waals surface area contributed by atoms with Crippen LogP contribution in [0.25, 0.3) is 0 Å². The van der Waals surface area contributed by atoms with E-state index in [2.05, 4.69) is 16.9 Å². The highest BCUT2D eigenvalue weighted by atomic mass is 16.5. The molecule has 2 rings (SSSR count). The molecule has 0 aliphatic heterocycles. The molecule has 0 fully saturated rings. The van der Waals surface area contributed by atoms with E-state index in [1.165, 1.54) is 0 Å². The van der Waals surface area contributed by atoms with Gasteiger partial charge in [0.25, 0.3) is 0 Å². The van der Waals surface area contributed by atoms with Gasteiger partial charge in [-0.2, -0.15) is 5.10 Å². The summed E-state index contributed by atoms with van der Waals surface area (Å²) in [5, 5.41) is 13.0. The molecule has 1 aromatic heterocycles. The van der Waals surface area contributed by atoms with E-state index >= 15 is 0 Å². The monoisotopic (exact) mass is 256 g/mol. The number of rotatable bonds is 3. The van der Waals surface area contributed by atoms with E-state index in [9.17, 15) is 0 Å². The lowest BCUT2D eigenvalue weighted by Gasteiger charge is -2.08. The highest BCUT2D eigenvalue weighted by molar-refractivity contribution is 5.48. The average Bonchev–Trinajstić information content (AvgIpc) is 2.82. The van der Waals surface area contributed by atoms with Crippen LogP contribution in [0.15, 0.2) is 30.5 Å². The number of hydrogen-bond donors (Lipinski definition) is 1. The molecule has 4 nitrogen and oxygen atoms in total. The first-order chi connectivity index (χ1) is 9.24. The summed E-state index contributed by atoms with van der Waals surface area (Å²) in [4.78, 5) is 0. The van der Waals surface area contributed by atoms with Gasteiger partial charge in [0.05, 0.1) is 19.2 Å². The SMILES string of the molecule is COc1ccc(Cn2nccc2C)cc1C#CCO. The highest BCUT2D eigenvalue weighted by Crippen LogP contribution is 2.19. The van der Waals surface area contributed by atoms with Crippen LogP contribution in [0, 0.1) is 18.8 Å². The fourth-order valence-corrected chi connectivity index (χ4v) is 1.82. The Morgan fingerprint density at radius 1 is 1.37 bits per heavy atom. The van der Waals surface area contributed by atoms with Crippen LogP contribution < -0.4 is 4.74 Å². The van der Waals surface area contributed by atoms with Crippen LogP contribution >= 0.6 is 0 Å². The van der Waals surface area contributed by atoms with Crippen molar-refractivity contribution in [3.05, 3.63) is 47.3 Å². The summed E-state index contributed by atoms with van der Waals surface area (Å²) in [5.74, 6) is 6.24. The smallest absolute Gasteiger partial charge is 0.134 e. The Bertz CT molecular complexity index is 621. The van der Waals surface area contributed by atoms with Crippen molar-refractivity contribution in [2.75, 3.05) is 13.7 Å². The molecule has 1 heterocycles. The van der Waals surface area contributed by atoms with Gasteiger partial charge in [0.1, 0.15) is 12.4 Å². The van der Waals surface area contributed by atoms with Crippen molar-refractivity contribution < 1.29 is 9.84 Å². The van der Waals surface area contributed by atoms with Gasteiger partial charge in [-0.1, -0.05) is 17.9 Å². The number of benzene rings is 1. The quantitative estimate of drug-likeness (QED) is 0.848. The first-order valence-corrected chi connectivity index (χ1v) is 5.99. The van der Waals surface area contributed by atoms with E-state index in [4.69, 9.17) is 9.84 Å². The molecule has 1 N–H and O–H groups in total. The number of ether oxygens (including phenoxy) is 1. The topological polar surface area (TPSA) is 47.3 Å². The standard InChI is InChI=1S/C15H16N2O2/c1-12-7-8-16-17(12)11-13-5-6-15(19-2)14(10-13)4-3-9-18/h5-8,10,18H,9,11H2,1-2H3. The second kappa shape index (κ2) is 6.07. The lowest BCUT2D eigenvalue weighted by atomic mass is 10.1. The van der Waals surface area contributed by atoms with Gasteiger partial charge in [-0.3, -0.25) is 4.68 Å². The van der Waals surface area contributed by atoms with Crippen molar-refractivity contribution in [2.24, 2.45) is 0 Å². The molecule has 19 heavy (non-hydrogen) atoms. The third kappa shape index (κ3) is 3.15. The summed E-state index contributed by atoms with van der Waals surface area (Å²) in [7, 11) is 1.61. The number of aliphatic hydroxyl groups excluding tert-OH is 1. The minimum atomic E-state index is -0.161. The molecule has 0 unspecified atom stereocenters. The lowest BCUT2D eigenvalue weighted by molar-refractivity contribution is 0.350. The van der Waals surface area contributed by atoms with E-state index in [1.807, 2.05) is 35.9 Å². The summed E-state index contributed by atoms with van der Waals surface area (Å²) in [6.07, 6.45) is 1.78. The fraction of sp³-hybridized carbons (Fsp3) is 0.267. The number of aryl methyl sites for hydroxylation is 1. The van der Waals surface area contributed by atoms with Gasteiger partial charge < -0.3 is 9.84 Å². The summed E-state index contributed by atoms with van der Waals surface area (Å²) in [6.45, 7) is 2.55. The van der Waals surface area contributed by atoms with Crippen molar-refractivity contribution in [1.82, 2.24) is 9.78 Å². The number of methoxy groups -OCH3 is 1. The molecule has 0 saturated carbocycles. The minimum Gasteiger partial charge on any atom is -0.495 e. The molecule has 0 aliphatic carbocycles. The van der Waals surface area contributed by atoms with E-state index in [0.717, 1.165) is 16.8 Å². The van der Waals surface area contributed by atoms with E-state index in [0.29, 0.717) is 12.3 Å². The zero-order chi connectivity index (χ0) is 13.7. The predicted molar refractivity (Wildman–Crippen MR) is 73.0 cm³/mol. The first-order valence-electron chi connectivity index (χ1n) is 5.99. The van der Waals surface area contributed by atoms with Crippen molar-refractivity contribution >= 4 is 0 Å². The number of aromatic nitrogens is 2. The molecule has 0 spiro atoms. The van der Waals surface area contributed by atoms with Gasteiger partial charge in [0.2, 0.25) is 0 Å². The largest absolute Gasteiger partial charge is 0.495 e. The van der Waals surface area contributed by atoms with E-state index in [-0.39, 0.29) is 6.61 Å². The highest BCUT2D eigenvalue weighted by Gasteiger charge is 2.04. The average molecular weight is 256 g/mol. The molecule has 0 radical (unpaired) electrons. The maximum atomic E-state index is 8.78. The summed E-state index contributed by atoms with van der Waals surface area (Å²) in [5.41, 5.74) is 2.98. The van der Waals surface area contributed by atoms with Gasteiger partial charge in [-0.25, -0.2) is 0 Å². The molecule has 2 aromatic rings. The summed E-state index contributed by atoms with van der Waals surface area (Å²) in [6, 6.07) is 7.80. The van der Waals surface area contributed by atoms with Crippen LogP contribution in [-0.2, 0) is 6.54 Å². The molecule has 98 valence electrons. The Morgan fingerprint density at radius 2 is 2.21 bits per heavy atom. The van der Waals surface area contributed by atoms with Crippen molar-refractivity contribution in [3.8, 4) is 17.6 Å². The molecule has 0 amide bonds. The van der Waals surface area contributed by atoms with E-state index in [1.54, 1.807) is 13.3 Å². The number of aliphatic hydroxyl groups is 1. The third-order valence-electron chi connectivity index (χ3n) is 2.83. The summed E-state index contributed by atoms with van der Waals surface area (Å²) >= 11 is 0. The van der Waals surface area contributed by atoms with Crippen LogP contribution in [-0.4, -0.2) is 28.6 Å². The van der Waals surface area contributed by atoms with Crippen LogP contribution in [0.5, 0.6) is 5.75 Å². The Hall–Kier alpha value is -2.25. The third-order valence-corrected chi connectivity index (χ3v) is 2.83. The van der Waals surface area contributed by atoms with Crippen LogP contribution in [0.2, 0.25) is 0 Å². The van der Waals surface area contributed by atoms with Crippen LogP contribution in [0.1, 0.15) is 16.8 Å². The van der Waals surface area contributed by atoms with Gasteiger partial charge >= 0.3 is 0 Å². The van der Waals surface area contributed by atoms with Crippen molar-refractivity contribution in [1.29, 1.82) is 0 Å². The van der Waals surface area contributed by atoms with Gasteiger partial charge in [-0.05, 0) is 30.7 Å². The number of hydrogen-bond acceptors (Lipinski definition) is 3. The van der Waals surface area contributed by atoms with Crippen LogP contribution in [0.3, 0.4) is 0 Å². The molecule has 0 atom stereocenters. The second-order valence-corrected chi connectivity index (χ2v) is 4.12. The molecule has 0 bridgehead atoms. The fourth-order valence-electron chi connectivity index (χ4n) is 1.82. The summed E-state index contributed by atoms with van der Waals surface area (Å²) < 4.78 is 7.17. The zero-order valence-corrected chi connectivity index (χ0v) is 11.1. The molecule has 0 aliphatic rings. The normalized spacial score (nSPS) is 9.84. The maximum Gasteiger partial charge on any atom is 0.134 e. The van der Waals surface area contributed by atoms with Gasteiger partial charge in [0.15, 0.2) is 0 Å². The Morgan fingerprint density at radius 3 is 2.84 bits per heavy atom. The molecular formula is C15H16N2O2. The minimum absolute atomic E-state index is 0.161. The lowest BCUT2D eigenvalue weighted by Crippen LogP contribution is -2.04. The number of nitrogens with zero attached hydrogens (tertiary/aromatic N) is 2. The van der Waals surface area contributed by atoms with Crippen molar-refractivity contribution in [2.45, 2.75) is 13.5 Å². The maximum absolute atomic E-state index is 8.78. The molecular weight excluding hydrogens is 240 g/mol. The van der Waals surface area contributed by atoms with Gasteiger partial charge in [0, 0.05) is 11.9 Å². The van der Waals surface area contributed by atoms with Gasteiger partial charge in [-0.15, -0.1) is 0 Å². The van der Waals surface area contributed by atoms with Crippen molar-refractivity contribution in [3.63, 3.8) is 0 Å². The Labute approximate surface area is 112 Å². The molecule has 0 saturated heterocycles.